The number of nitrogens with one attached hydrogen (secondary N) is 1. The Kier molecular flexibility index (Phi) is 5.44. The molecule has 0 spiro atoms. The van der Waals surface area contributed by atoms with Crippen LogP contribution in [0.3, 0.4) is 0 Å². The van der Waals surface area contributed by atoms with Crippen molar-refractivity contribution in [3.63, 3.8) is 0 Å². The van der Waals surface area contributed by atoms with Gasteiger partial charge in [0.2, 0.25) is 0 Å². The Bertz CT molecular complexity index is 466. The van der Waals surface area contributed by atoms with Crippen LogP contribution in [0.2, 0.25) is 0 Å². The average Bonchev–Trinajstić information content (AvgIpc) is 2.37. The molecule has 4 nitrogen and oxygen atoms in total. The van der Waals surface area contributed by atoms with Gasteiger partial charge < -0.3 is 14.8 Å². The lowest BCUT2D eigenvalue weighted by atomic mass is 9.95. The van der Waals surface area contributed by atoms with E-state index < -0.39 is 28.8 Å². The van der Waals surface area contributed by atoms with Crippen LogP contribution in [0, 0.1) is 17.0 Å². The smallest absolute Gasteiger partial charge is 0.314 e. The van der Waals surface area contributed by atoms with Crippen molar-refractivity contribution < 1.29 is 23.0 Å². The summed E-state index contributed by atoms with van der Waals surface area (Å²) >= 11 is 0. The molecule has 20 heavy (non-hydrogen) atoms. The lowest BCUT2D eigenvalue weighted by molar-refractivity contribution is -0.152. The summed E-state index contributed by atoms with van der Waals surface area (Å²) in [6.45, 7) is 3.31. The highest BCUT2D eigenvalue weighted by atomic mass is 19.1. The number of ether oxygens (including phenoxy) is 2. The second-order valence-corrected chi connectivity index (χ2v) is 5.08. The number of halogens is 2. The number of carbonyl (C=O) groups is 1. The topological polar surface area (TPSA) is 47.6 Å². The van der Waals surface area contributed by atoms with E-state index in [0.717, 1.165) is 0 Å². The molecule has 1 N–H and O–H groups in total. The van der Waals surface area contributed by atoms with E-state index in [9.17, 15) is 13.6 Å². The molecule has 0 heterocycles. The summed E-state index contributed by atoms with van der Waals surface area (Å²) < 4.78 is 37.3. The Morgan fingerprint density at radius 3 is 2.30 bits per heavy atom. The van der Waals surface area contributed by atoms with Gasteiger partial charge in [-0.05, 0) is 38.6 Å². The molecule has 0 amide bonds. The SMILES string of the molecule is CNCc1cc(F)c(OCC(C)(C)C(=O)OC)c(F)c1. The fourth-order valence-corrected chi connectivity index (χ4v) is 1.64. The summed E-state index contributed by atoms with van der Waals surface area (Å²) in [5, 5.41) is 2.80. The summed E-state index contributed by atoms with van der Waals surface area (Å²) in [4.78, 5) is 11.5. The van der Waals surface area contributed by atoms with Gasteiger partial charge in [0, 0.05) is 6.54 Å². The van der Waals surface area contributed by atoms with E-state index in [1.54, 1.807) is 20.9 Å². The first-order chi connectivity index (χ1) is 9.31. The van der Waals surface area contributed by atoms with Gasteiger partial charge in [-0.25, -0.2) is 8.78 Å². The Hall–Kier alpha value is -1.69. The molecule has 0 saturated carbocycles. The van der Waals surface area contributed by atoms with Crippen LogP contribution < -0.4 is 10.1 Å². The minimum atomic E-state index is -0.989. The molecule has 0 aromatic heterocycles. The summed E-state index contributed by atoms with van der Waals surface area (Å²) in [6, 6.07) is 2.39. The predicted molar refractivity (Wildman–Crippen MR) is 70.4 cm³/mol. The van der Waals surface area contributed by atoms with Crippen LogP contribution in [-0.2, 0) is 16.1 Å². The predicted octanol–water partition coefficient (Wildman–Crippen LogP) is 2.26. The quantitative estimate of drug-likeness (QED) is 0.815. The minimum absolute atomic E-state index is 0.182. The molecule has 1 aromatic rings. The minimum Gasteiger partial charge on any atom is -0.486 e. The zero-order valence-corrected chi connectivity index (χ0v) is 12.0. The third-order valence-corrected chi connectivity index (χ3v) is 2.75. The van der Waals surface area contributed by atoms with Crippen LogP contribution in [-0.4, -0.2) is 26.7 Å². The van der Waals surface area contributed by atoms with Crippen LogP contribution in [0.15, 0.2) is 12.1 Å². The maximum Gasteiger partial charge on any atom is 0.314 e. The molecular weight excluding hydrogens is 268 g/mol. The summed E-state index contributed by atoms with van der Waals surface area (Å²) in [5.41, 5.74) is -0.515. The molecule has 0 aliphatic carbocycles. The van der Waals surface area contributed by atoms with Gasteiger partial charge in [-0.2, -0.15) is 0 Å². The van der Waals surface area contributed by atoms with Gasteiger partial charge in [0.05, 0.1) is 12.5 Å². The number of benzene rings is 1. The first kappa shape index (κ1) is 16.4. The highest BCUT2D eigenvalue weighted by Crippen LogP contribution is 2.26. The number of rotatable bonds is 6. The molecule has 0 aliphatic rings. The molecular formula is C14H19F2NO3. The number of carbonyl (C=O) groups excluding carboxylic acids is 1. The van der Waals surface area contributed by atoms with E-state index in [1.807, 2.05) is 0 Å². The van der Waals surface area contributed by atoms with E-state index in [2.05, 4.69) is 10.1 Å². The Morgan fingerprint density at radius 2 is 1.85 bits per heavy atom. The molecule has 1 rings (SSSR count). The Labute approximate surface area is 117 Å². The normalized spacial score (nSPS) is 11.3. The molecule has 0 atom stereocenters. The summed E-state index contributed by atoms with van der Waals surface area (Å²) in [7, 11) is 2.93. The number of hydrogen-bond donors (Lipinski definition) is 1. The van der Waals surface area contributed by atoms with Crippen molar-refractivity contribution in [1.29, 1.82) is 0 Å². The highest BCUT2D eigenvalue weighted by Gasteiger charge is 2.30. The zero-order chi connectivity index (χ0) is 15.3. The first-order valence-corrected chi connectivity index (χ1v) is 6.15. The van der Waals surface area contributed by atoms with Crippen LogP contribution in [0.5, 0.6) is 5.75 Å². The zero-order valence-electron chi connectivity index (χ0n) is 12.0. The molecule has 0 aliphatic heterocycles. The van der Waals surface area contributed by atoms with E-state index in [1.165, 1.54) is 19.2 Å². The highest BCUT2D eigenvalue weighted by molar-refractivity contribution is 5.75. The molecule has 0 radical (unpaired) electrons. The molecule has 112 valence electrons. The largest absolute Gasteiger partial charge is 0.486 e. The van der Waals surface area contributed by atoms with Crippen LogP contribution in [0.25, 0.3) is 0 Å². The lowest BCUT2D eigenvalue weighted by Gasteiger charge is -2.22. The van der Waals surface area contributed by atoms with Crippen molar-refractivity contribution in [2.75, 3.05) is 20.8 Å². The maximum absolute atomic E-state index is 13.8. The van der Waals surface area contributed by atoms with Crippen molar-refractivity contribution in [2.45, 2.75) is 20.4 Å². The Morgan fingerprint density at radius 1 is 1.30 bits per heavy atom. The fraction of sp³-hybridized carbons (Fsp3) is 0.500. The van der Waals surface area contributed by atoms with E-state index in [-0.39, 0.29) is 6.61 Å². The number of esters is 1. The van der Waals surface area contributed by atoms with Crippen LogP contribution in [0.4, 0.5) is 8.78 Å². The molecule has 1 aromatic carbocycles. The number of methoxy groups -OCH3 is 1. The van der Waals surface area contributed by atoms with Gasteiger partial charge in [0.25, 0.3) is 0 Å². The molecule has 0 saturated heterocycles. The maximum atomic E-state index is 13.8. The fourth-order valence-electron chi connectivity index (χ4n) is 1.64. The monoisotopic (exact) mass is 287 g/mol. The first-order valence-electron chi connectivity index (χ1n) is 6.15. The van der Waals surface area contributed by atoms with Crippen LogP contribution in [0.1, 0.15) is 19.4 Å². The second kappa shape index (κ2) is 6.65. The van der Waals surface area contributed by atoms with Crippen molar-refractivity contribution in [2.24, 2.45) is 5.41 Å². The van der Waals surface area contributed by atoms with E-state index in [0.29, 0.717) is 12.1 Å². The van der Waals surface area contributed by atoms with Crippen molar-refractivity contribution in [3.8, 4) is 5.75 Å². The average molecular weight is 287 g/mol. The Balaban J connectivity index is 2.86. The van der Waals surface area contributed by atoms with Gasteiger partial charge in [-0.3, -0.25) is 4.79 Å². The van der Waals surface area contributed by atoms with E-state index >= 15 is 0 Å². The number of hydrogen-bond acceptors (Lipinski definition) is 4. The van der Waals surface area contributed by atoms with Crippen molar-refractivity contribution in [1.82, 2.24) is 5.32 Å². The van der Waals surface area contributed by atoms with Gasteiger partial charge >= 0.3 is 5.97 Å². The second-order valence-electron chi connectivity index (χ2n) is 5.08. The summed E-state index contributed by atoms with van der Waals surface area (Å²) in [6.07, 6.45) is 0. The molecule has 6 heteroatoms. The molecule has 0 bridgehead atoms. The summed E-state index contributed by atoms with van der Waals surface area (Å²) in [5.74, 6) is -2.58. The third-order valence-electron chi connectivity index (χ3n) is 2.75. The van der Waals surface area contributed by atoms with Crippen molar-refractivity contribution >= 4 is 5.97 Å². The standard InChI is InChI=1S/C14H19F2NO3/c1-14(2,13(18)19-4)8-20-12-10(15)5-9(7-17-3)6-11(12)16/h5-6,17H,7-8H2,1-4H3. The van der Waals surface area contributed by atoms with Gasteiger partial charge in [0.1, 0.15) is 6.61 Å². The van der Waals surface area contributed by atoms with E-state index in [4.69, 9.17) is 4.74 Å². The third kappa shape index (κ3) is 3.90. The van der Waals surface area contributed by atoms with Crippen molar-refractivity contribution in [3.05, 3.63) is 29.3 Å². The van der Waals surface area contributed by atoms with Crippen LogP contribution >= 0.6 is 0 Å². The van der Waals surface area contributed by atoms with Gasteiger partial charge in [-0.1, -0.05) is 0 Å². The van der Waals surface area contributed by atoms with Gasteiger partial charge in [-0.15, -0.1) is 0 Å². The lowest BCUT2D eigenvalue weighted by Crippen LogP contribution is -2.32. The molecule has 0 unspecified atom stereocenters. The van der Waals surface area contributed by atoms with Gasteiger partial charge in [0.15, 0.2) is 17.4 Å². The molecule has 0 fully saturated rings.